The fourth-order valence-corrected chi connectivity index (χ4v) is 2.90. The molecule has 1 fully saturated rings. The molecule has 0 aromatic carbocycles. The second-order valence-corrected chi connectivity index (χ2v) is 5.39. The van der Waals surface area contributed by atoms with E-state index in [0.29, 0.717) is 0 Å². The van der Waals surface area contributed by atoms with E-state index in [9.17, 15) is 0 Å². The molecule has 0 aliphatic carbocycles. The summed E-state index contributed by atoms with van der Waals surface area (Å²) in [7, 11) is 2.14. The highest BCUT2D eigenvalue weighted by Gasteiger charge is 2.15. The van der Waals surface area contributed by atoms with Crippen molar-refractivity contribution in [3.8, 4) is 0 Å². The second-order valence-electron chi connectivity index (χ2n) is 4.16. The number of aromatic nitrogens is 1. The van der Waals surface area contributed by atoms with Gasteiger partial charge in [-0.3, -0.25) is 0 Å². The lowest BCUT2D eigenvalue weighted by atomic mass is 10.3. The molecule has 0 bridgehead atoms. The largest absolute Gasteiger partial charge is 0.345 e. The van der Waals surface area contributed by atoms with E-state index >= 15 is 0 Å². The second kappa shape index (κ2) is 5.75. The van der Waals surface area contributed by atoms with E-state index in [2.05, 4.69) is 44.9 Å². The Hall–Kier alpha value is -0.720. The highest BCUT2D eigenvalue weighted by Crippen LogP contribution is 2.02. The Balaban J connectivity index is 2.08. The van der Waals surface area contributed by atoms with Crippen molar-refractivity contribution in [2.45, 2.75) is 13.5 Å². The zero-order valence-electron chi connectivity index (χ0n) is 10.3. The van der Waals surface area contributed by atoms with Crippen molar-refractivity contribution in [2.75, 3.05) is 33.2 Å². The Labute approximate surface area is 111 Å². The van der Waals surface area contributed by atoms with Crippen LogP contribution in [0.2, 0.25) is 0 Å². The molecule has 1 aromatic heterocycles. The van der Waals surface area contributed by atoms with Crippen LogP contribution in [-0.4, -0.2) is 52.7 Å². The number of nitrogens with zero attached hydrogens (tertiary/aromatic N) is 4. The first-order chi connectivity index (χ1) is 8.20. The van der Waals surface area contributed by atoms with Crippen LogP contribution in [0.4, 0.5) is 0 Å². The number of rotatable bonds is 1. The van der Waals surface area contributed by atoms with Crippen molar-refractivity contribution >= 4 is 28.7 Å². The zero-order valence-corrected chi connectivity index (χ0v) is 11.9. The van der Waals surface area contributed by atoms with Gasteiger partial charge in [-0.1, -0.05) is 0 Å². The van der Waals surface area contributed by atoms with E-state index < -0.39 is 0 Å². The maximum Gasteiger partial charge on any atom is 0.198 e. The van der Waals surface area contributed by atoms with Crippen molar-refractivity contribution in [3.05, 3.63) is 16.4 Å². The molecule has 0 spiro atoms. The third-order valence-corrected chi connectivity index (χ3v) is 4.11. The quantitative estimate of drug-likeness (QED) is 0.712. The fraction of sp³-hybridized carbons (Fsp3) is 0.636. The van der Waals surface area contributed by atoms with Crippen LogP contribution in [0, 0.1) is 0 Å². The van der Waals surface area contributed by atoms with E-state index in [1.807, 2.05) is 0 Å². The molecule has 0 saturated carbocycles. The number of piperazine rings is 1. The molecule has 6 heteroatoms. The van der Waals surface area contributed by atoms with Gasteiger partial charge in [0.15, 0.2) is 9.91 Å². The van der Waals surface area contributed by atoms with E-state index in [1.165, 1.54) is 0 Å². The van der Waals surface area contributed by atoms with Crippen LogP contribution in [0.3, 0.4) is 0 Å². The fourth-order valence-electron chi connectivity index (χ4n) is 1.78. The van der Waals surface area contributed by atoms with Crippen LogP contribution in [0.1, 0.15) is 6.92 Å². The molecule has 1 aliphatic rings. The van der Waals surface area contributed by atoms with Gasteiger partial charge in [-0.05, 0) is 26.2 Å². The summed E-state index contributed by atoms with van der Waals surface area (Å²) in [6.45, 7) is 7.15. The maximum absolute atomic E-state index is 5.40. The Morgan fingerprint density at radius 3 is 2.76 bits per heavy atom. The molecule has 4 nitrogen and oxygen atoms in total. The molecular weight excluding hydrogens is 252 g/mol. The third-order valence-electron chi connectivity index (χ3n) is 2.97. The lowest BCUT2D eigenvalue weighted by Gasteiger charge is -2.32. The van der Waals surface area contributed by atoms with Crippen molar-refractivity contribution < 1.29 is 0 Å². The summed E-state index contributed by atoms with van der Waals surface area (Å²) in [5, 5.41) is 2.78. The number of hydrogen-bond acceptors (Lipinski definition) is 3. The minimum Gasteiger partial charge on any atom is -0.345 e. The van der Waals surface area contributed by atoms with Crippen LogP contribution in [0.15, 0.2) is 16.6 Å². The van der Waals surface area contributed by atoms with Crippen molar-refractivity contribution in [1.82, 2.24) is 14.4 Å². The van der Waals surface area contributed by atoms with Crippen molar-refractivity contribution in [1.29, 1.82) is 0 Å². The van der Waals surface area contributed by atoms with Gasteiger partial charge in [0.25, 0.3) is 0 Å². The molecule has 0 atom stereocenters. The molecule has 17 heavy (non-hydrogen) atoms. The van der Waals surface area contributed by atoms with Crippen molar-refractivity contribution in [2.24, 2.45) is 4.99 Å². The zero-order chi connectivity index (χ0) is 12.3. The van der Waals surface area contributed by atoms with Gasteiger partial charge in [0.1, 0.15) is 0 Å². The van der Waals surface area contributed by atoms with E-state index in [1.54, 1.807) is 11.3 Å². The lowest BCUT2D eigenvalue weighted by molar-refractivity contribution is 0.216. The standard InChI is InChI=1S/C11H18N4S2/c1-3-14-8-9-17-11(14)12-10(16)15-6-4-13(2)5-7-15/h8-9H,3-7H2,1-2H3. The topological polar surface area (TPSA) is 23.8 Å². The molecule has 0 unspecified atom stereocenters. The third kappa shape index (κ3) is 3.14. The number of thiocarbonyl (C=S) groups is 1. The average Bonchev–Trinajstić information content (AvgIpc) is 2.77. The van der Waals surface area contributed by atoms with Gasteiger partial charge >= 0.3 is 0 Å². The molecule has 0 N–H and O–H groups in total. The minimum atomic E-state index is 0.725. The Kier molecular flexibility index (Phi) is 4.31. The molecule has 1 saturated heterocycles. The van der Waals surface area contributed by atoms with Gasteiger partial charge in [-0.15, -0.1) is 11.3 Å². The van der Waals surface area contributed by atoms with Gasteiger partial charge in [-0.25, -0.2) is 0 Å². The van der Waals surface area contributed by atoms with Gasteiger partial charge in [0, 0.05) is 44.3 Å². The molecular formula is C11H18N4S2. The summed E-state index contributed by atoms with van der Waals surface area (Å²) in [6.07, 6.45) is 2.05. The molecule has 1 aromatic rings. The predicted octanol–water partition coefficient (Wildman–Crippen LogP) is 1.00. The molecule has 2 rings (SSSR count). The number of likely N-dealkylation sites (N-methyl/N-ethyl adjacent to an activating group) is 1. The highest BCUT2D eigenvalue weighted by molar-refractivity contribution is 7.80. The normalized spacial score (nSPS) is 18.7. The molecule has 1 aliphatic heterocycles. The van der Waals surface area contributed by atoms with E-state index in [0.717, 1.165) is 42.6 Å². The first-order valence-electron chi connectivity index (χ1n) is 5.87. The van der Waals surface area contributed by atoms with Gasteiger partial charge < -0.3 is 14.4 Å². The summed E-state index contributed by atoms with van der Waals surface area (Å²) in [5.74, 6) is 0. The minimum absolute atomic E-state index is 0.725. The van der Waals surface area contributed by atoms with Gasteiger partial charge in [0.2, 0.25) is 0 Å². The van der Waals surface area contributed by atoms with Crippen LogP contribution >= 0.6 is 23.6 Å². The maximum atomic E-state index is 5.40. The molecule has 94 valence electrons. The highest BCUT2D eigenvalue weighted by atomic mass is 32.1. The number of aryl methyl sites for hydroxylation is 1. The molecule has 0 amide bonds. The Morgan fingerprint density at radius 1 is 1.41 bits per heavy atom. The number of hydrogen-bond donors (Lipinski definition) is 0. The SMILES string of the molecule is CCn1ccsc1=NC(=S)N1CCN(C)CC1. The summed E-state index contributed by atoms with van der Waals surface area (Å²) in [5.41, 5.74) is 0. The smallest absolute Gasteiger partial charge is 0.198 e. The van der Waals surface area contributed by atoms with Gasteiger partial charge in [-0.2, -0.15) is 4.99 Å². The molecule has 0 radical (unpaired) electrons. The van der Waals surface area contributed by atoms with Gasteiger partial charge in [0.05, 0.1) is 0 Å². The van der Waals surface area contributed by atoms with E-state index in [-0.39, 0.29) is 0 Å². The van der Waals surface area contributed by atoms with E-state index in [4.69, 9.17) is 12.2 Å². The number of thiazole rings is 1. The Bertz CT molecular complexity index is 440. The monoisotopic (exact) mass is 270 g/mol. The van der Waals surface area contributed by atoms with Crippen LogP contribution in [0.5, 0.6) is 0 Å². The Morgan fingerprint density at radius 2 is 2.12 bits per heavy atom. The summed E-state index contributed by atoms with van der Waals surface area (Å²) < 4.78 is 2.12. The first kappa shape index (κ1) is 12.7. The van der Waals surface area contributed by atoms with Crippen LogP contribution in [-0.2, 0) is 6.54 Å². The first-order valence-corrected chi connectivity index (χ1v) is 7.15. The molecule has 2 heterocycles. The van der Waals surface area contributed by atoms with Crippen LogP contribution < -0.4 is 4.80 Å². The lowest BCUT2D eigenvalue weighted by Crippen LogP contribution is -2.46. The predicted molar refractivity (Wildman–Crippen MR) is 75.2 cm³/mol. The summed E-state index contributed by atoms with van der Waals surface area (Å²) >= 11 is 7.04. The average molecular weight is 270 g/mol. The van der Waals surface area contributed by atoms with Crippen molar-refractivity contribution in [3.63, 3.8) is 0 Å². The summed E-state index contributed by atoms with van der Waals surface area (Å²) in [4.78, 5) is 10.1. The summed E-state index contributed by atoms with van der Waals surface area (Å²) in [6, 6.07) is 0. The van der Waals surface area contributed by atoms with Crippen LogP contribution in [0.25, 0.3) is 0 Å².